The van der Waals surface area contributed by atoms with Crippen molar-refractivity contribution in [3.05, 3.63) is 23.2 Å². The number of nitrogens with zero attached hydrogens (tertiary/aromatic N) is 2. The third-order valence-electron chi connectivity index (χ3n) is 4.69. The zero-order valence-corrected chi connectivity index (χ0v) is 15.2. The second-order valence-corrected chi connectivity index (χ2v) is 6.88. The molecule has 4 N–H and O–H groups in total. The maximum absolute atomic E-state index is 12.5. The first kappa shape index (κ1) is 18.5. The zero-order valence-electron chi connectivity index (χ0n) is 14.5. The highest BCUT2D eigenvalue weighted by molar-refractivity contribution is 6.35. The molecule has 2 unspecified atom stereocenters. The molecule has 2 heterocycles. The fourth-order valence-corrected chi connectivity index (χ4v) is 3.61. The van der Waals surface area contributed by atoms with Crippen molar-refractivity contribution in [2.24, 2.45) is 5.92 Å². The molecule has 1 aromatic carbocycles. The lowest BCUT2D eigenvalue weighted by Crippen LogP contribution is -2.28. The summed E-state index contributed by atoms with van der Waals surface area (Å²) < 4.78 is 2.01. The second-order valence-electron chi connectivity index (χ2n) is 6.47. The van der Waals surface area contributed by atoms with Crippen molar-refractivity contribution in [1.29, 1.82) is 10.8 Å². The van der Waals surface area contributed by atoms with Crippen LogP contribution in [0.25, 0.3) is 11.0 Å². The van der Waals surface area contributed by atoms with E-state index < -0.39 is 5.92 Å². The van der Waals surface area contributed by atoms with Crippen LogP contribution in [0, 0.1) is 16.7 Å². The number of fused-ring (bicyclic) bond motifs is 1. The van der Waals surface area contributed by atoms with Gasteiger partial charge in [-0.2, -0.15) is 0 Å². The summed E-state index contributed by atoms with van der Waals surface area (Å²) in [5, 5.41) is 21.5. The van der Waals surface area contributed by atoms with Crippen LogP contribution >= 0.6 is 11.6 Å². The van der Waals surface area contributed by atoms with Crippen LogP contribution in [0.1, 0.15) is 31.7 Å². The number of para-hydroxylation sites is 1. The van der Waals surface area contributed by atoms with Crippen LogP contribution < -0.4 is 10.6 Å². The Hall–Kier alpha value is -2.25. The highest BCUT2D eigenvalue weighted by Gasteiger charge is 2.24. The van der Waals surface area contributed by atoms with Crippen molar-refractivity contribution in [2.75, 3.05) is 18.4 Å². The van der Waals surface area contributed by atoms with E-state index >= 15 is 0 Å². The molecule has 0 radical (unpaired) electrons. The smallest absolute Gasteiger partial charge is 0.235 e. The molecule has 26 heavy (non-hydrogen) atoms. The summed E-state index contributed by atoms with van der Waals surface area (Å²) in [6.07, 6.45) is 5.58. The third-order valence-corrected chi connectivity index (χ3v) is 5.00. The highest BCUT2D eigenvalue weighted by atomic mass is 35.5. The standard InChI is InChI=1S/C18H23ClN6O/c19-14-5-3-6-15-16(14)25(13-4-1-2-9-22-11-13)18(23-15)24-17(26)12(10-21)7-8-20/h3,5-6,8,10,12-13,20-22H,1-2,4,7,9,11H2,(H,23,24,26). The van der Waals surface area contributed by atoms with Crippen LogP contribution in [-0.4, -0.2) is 41.0 Å². The lowest BCUT2D eigenvalue weighted by atomic mass is 10.1. The molecule has 3 rings (SSSR count). The Balaban J connectivity index is 2.02. The van der Waals surface area contributed by atoms with Crippen molar-refractivity contribution in [3.8, 4) is 0 Å². The van der Waals surface area contributed by atoms with Gasteiger partial charge in [0, 0.05) is 18.8 Å². The van der Waals surface area contributed by atoms with Crippen LogP contribution in [0.4, 0.5) is 5.95 Å². The topological polar surface area (TPSA) is 107 Å². The van der Waals surface area contributed by atoms with Gasteiger partial charge < -0.3 is 20.7 Å². The van der Waals surface area contributed by atoms with Crippen molar-refractivity contribution in [1.82, 2.24) is 14.9 Å². The van der Waals surface area contributed by atoms with Gasteiger partial charge in [-0.25, -0.2) is 4.98 Å². The number of imidazole rings is 1. The molecule has 138 valence electrons. The van der Waals surface area contributed by atoms with Gasteiger partial charge in [0.2, 0.25) is 11.9 Å². The molecule has 8 heteroatoms. The first-order chi connectivity index (χ1) is 12.7. The van der Waals surface area contributed by atoms with Gasteiger partial charge in [-0.05, 0) is 44.2 Å². The van der Waals surface area contributed by atoms with E-state index in [4.69, 9.17) is 22.4 Å². The van der Waals surface area contributed by atoms with E-state index in [1.165, 1.54) is 0 Å². The van der Waals surface area contributed by atoms with E-state index in [0.717, 1.165) is 55.8 Å². The minimum absolute atomic E-state index is 0.138. The molecule has 2 atom stereocenters. The Kier molecular flexibility index (Phi) is 6.00. The van der Waals surface area contributed by atoms with Gasteiger partial charge >= 0.3 is 0 Å². The number of hydrogen-bond donors (Lipinski definition) is 4. The molecule has 1 amide bonds. The number of benzene rings is 1. The third kappa shape index (κ3) is 3.78. The Morgan fingerprint density at radius 3 is 3.08 bits per heavy atom. The average molecular weight is 375 g/mol. The molecule has 0 aliphatic carbocycles. The molecule has 1 aliphatic rings. The number of rotatable bonds is 6. The molecule has 0 bridgehead atoms. The van der Waals surface area contributed by atoms with Crippen molar-refractivity contribution >= 4 is 46.9 Å². The summed E-state index contributed by atoms with van der Waals surface area (Å²) in [7, 11) is 0. The van der Waals surface area contributed by atoms with Crippen molar-refractivity contribution in [2.45, 2.75) is 31.7 Å². The maximum Gasteiger partial charge on any atom is 0.235 e. The second kappa shape index (κ2) is 8.42. The van der Waals surface area contributed by atoms with Gasteiger partial charge in [-0.15, -0.1) is 0 Å². The predicted molar refractivity (Wildman–Crippen MR) is 105 cm³/mol. The molecule has 1 aromatic heterocycles. The fourth-order valence-electron chi connectivity index (χ4n) is 3.35. The van der Waals surface area contributed by atoms with Crippen LogP contribution in [0.5, 0.6) is 0 Å². The summed E-state index contributed by atoms with van der Waals surface area (Å²) in [6.45, 7) is 1.77. The van der Waals surface area contributed by atoms with Gasteiger partial charge in [0.05, 0.1) is 22.0 Å². The van der Waals surface area contributed by atoms with E-state index in [1.807, 2.05) is 22.8 Å². The van der Waals surface area contributed by atoms with Gasteiger partial charge in [0.25, 0.3) is 0 Å². The van der Waals surface area contributed by atoms with Crippen molar-refractivity contribution < 1.29 is 4.79 Å². The molecule has 7 nitrogen and oxygen atoms in total. The Morgan fingerprint density at radius 2 is 2.31 bits per heavy atom. The van der Waals surface area contributed by atoms with Crippen LogP contribution in [0.2, 0.25) is 5.02 Å². The first-order valence-electron chi connectivity index (χ1n) is 8.83. The summed E-state index contributed by atoms with van der Waals surface area (Å²) in [5.41, 5.74) is 1.55. The molecular weight excluding hydrogens is 352 g/mol. The molecule has 2 aromatic rings. The summed E-state index contributed by atoms with van der Waals surface area (Å²) >= 11 is 6.45. The number of halogens is 1. The van der Waals surface area contributed by atoms with Crippen LogP contribution in [-0.2, 0) is 4.79 Å². The number of amides is 1. The monoisotopic (exact) mass is 374 g/mol. The Morgan fingerprint density at radius 1 is 1.46 bits per heavy atom. The Labute approximate surface area is 157 Å². The van der Waals surface area contributed by atoms with E-state index in [9.17, 15) is 4.79 Å². The average Bonchev–Trinajstić information content (AvgIpc) is 2.81. The van der Waals surface area contributed by atoms with E-state index in [1.54, 1.807) is 0 Å². The highest BCUT2D eigenvalue weighted by Crippen LogP contribution is 2.32. The fraction of sp³-hybridized carbons (Fsp3) is 0.444. The molecule has 0 saturated carbocycles. The number of carbonyl (C=O) groups excluding carboxylic acids is 1. The maximum atomic E-state index is 12.5. The number of anilines is 1. The van der Waals surface area contributed by atoms with Crippen LogP contribution in [0.3, 0.4) is 0 Å². The molecule has 1 fully saturated rings. The largest absolute Gasteiger partial charge is 0.315 e. The molecular formula is C18H23ClN6O. The number of nitrogens with one attached hydrogen (secondary N) is 4. The quantitative estimate of drug-likeness (QED) is 0.583. The lowest BCUT2D eigenvalue weighted by Gasteiger charge is -2.21. The summed E-state index contributed by atoms with van der Waals surface area (Å²) in [4.78, 5) is 17.1. The number of carbonyl (C=O) groups is 1. The lowest BCUT2D eigenvalue weighted by molar-refractivity contribution is -0.117. The summed E-state index contributed by atoms with van der Waals surface area (Å²) in [6, 6.07) is 5.68. The van der Waals surface area contributed by atoms with Crippen molar-refractivity contribution in [3.63, 3.8) is 0 Å². The molecule has 1 aliphatic heterocycles. The SMILES string of the molecule is N=CCC(C=N)C(=O)Nc1nc2cccc(Cl)c2n1C1CCCCNC1. The number of hydrogen-bond acceptors (Lipinski definition) is 5. The normalized spacial score (nSPS) is 18.9. The molecule has 0 spiro atoms. The zero-order chi connectivity index (χ0) is 18.5. The van der Waals surface area contributed by atoms with Gasteiger partial charge in [-0.3, -0.25) is 10.1 Å². The van der Waals surface area contributed by atoms with E-state index in [0.29, 0.717) is 11.0 Å². The first-order valence-corrected chi connectivity index (χ1v) is 9.21. The summed E-state index contributed by atoms with van der Waals surface area (Å²) in [5.74, 6) is -0.565. The van der Waals surface area contributed by atoms with Gasteiger partial charge in [0.1, 0.15) is 0 Å². The molecule has 1 saturated heterocycles. The van der Waals surface area contributed by atoms with Crippen LogP contribution in [0.15, 0.2) is 18.2 Å². The van der Waals surface area contributed by atoms with E-state index in [2.05, 4.69) is 15.6 Å². The number of aromatic nitrogens is 2. The predicted octanol–water partition coefficient (Wildman–Crippen LogP) is 3.25. The van der Waals surface area contributed by atoms with E-state index in [-0.39, 0.29) is 18.4 Å². The van der Waals surface area contributed by atoms with Gasteiger partial charge in [-0.1, -0.05) is 24.1 Å². The minimum atomic E-state index is -0.677. The van der Waals surface area contributed by atoms with Gasteiger partial charge in [0.15, 0.2) is 0 Å². The minimum Gasteiger partial charge on any atom is -0.315 e. The Bertz CT molecular complexity index is 809.